The number of hydrogen-bond donors (Lipinski definition) is 1. The van der Waals surface area contributed by atoms with Crippen LogP contribution in [-0.2, 0) is 6.42 Å². The zero-order valence-electron chi connectivity index (χ0n) is 11.1. The van der Waals surface area contributed by atoms with Gasteiger partial charge in [0.15, 0.2) is 5.82 Å². The Hall–Kier alpha value is -0.590. The Kier molecular flexibility index (Phi) is 5.03. The minimum Gasteiger partial charge on any atom is -0.339 e. The Morgan fingerprint density at radius 1 is 1.61 bits per heavy atom. The van der Waals surface area contributed by atoms with E-state index in [0.29, 0.717) is 18.5 Å². The van der Waals surface area contributed by atoms with Gasteiger partial charge in [0.1, 0.15) is 0 Å². The van der Waals surface area contributed by atoms with Gasteiger partial charge >= 0.3 is 0 Å². The minimum atomic E-state index is 0.291. The fraction of sp³-hybridized carbons (Fsp3) is 0.833. The van der Waals surface area contributed by atoms with Crippen molar-refractivity contribution in [3.63, 3.8) is 0 Å². The summed E-state index contributed by atoms with van der Waals surface area (Å²) in [4.78, 5) is 6.83. The van der Waals surface area contributed by atoms with Gasteiger partial charge in [0.05, 0.1) is 6.04 Å². The molecule has 2 heterocycles. The summed E-state index contributed by atoms with van der Waals surface area (Å²) in [6.07, 6.45) is 1.84. The maximum Gasteiger partial charge on any atom is 0.227 e. The summed E-state index contributed by atoms with van der Waals surface area (Å²) in [6.45, 7) is 3.90. The summed E-state index contributed by atoms with van der Waals surface area (Å²) in [5.41, 5.74) is 5.70. The van der Waals surface area contributed by atoms with E-state index in [1.807, 2.05) is 11.8 Å². The molecule has 0 aliphatic carbocycles. The second-order valence-electron chi connectivity index (χ2n) is 4.83. The molecule has 5 nitrogen and oxygen atoms in total. The first-order valence-corrected chi connectivity index (χ1v) is 7.70. The molecule has 1 aromatic rings. The van der Waals surface area contributed by atoms with Gasteiger partial charge in [0, 0.05) is 24.5 Å². The molecule has 18 heavy (non-hydrogen) atoms. The van der Waals surface area contributed by atoms with Crippen LogP contribution < -0.4 is 5.73 Å². The normalized spacial score (nSPS) is 23.2. The number of thioether (sulfide) groups is 1. The van der Waals surface area contributed by atoms with Crippen LogP contribution in [0.5, 0.6) is 0 Å². The Morgan fingerprint density at radius 2 is 2.44 bits per heavy atom. The van der Waals surface area contributed by atoms with E-state index in [2.05, 4.69) is 29.0 Å². The second-order valence-corrected chi connectivity index (χ2v) is 5.98. The summed E-state index contributed by atoms with van der Waals surface area (Å²) in [5.74, 6) is 4.22. The average Bonchev–Trinajstić information content (AvgIpc) is 2.85. The van der Waals surface area contributed by atoms with E-state index in [9.17, 15) is 0 Å². The van der Waals surface area contributed by atoms with Gasteiger partial charge < -0.3 is 10.3 Å². The van der Waals surface area contributed by atoms with Crippen molar-refractivity contribution in [2.24, 2.45) is 11.7 Å². The van der Waals surface area contributed by atoms with E-state index >= 15 is 0 Å². The van der Waals surface area contributed by atoms with Gasteiger partial charge in [-0.15, -0.1) is 0 Å². The zero-order valence-corrected chi connectivity index (χ0v) is 11.9. The van der Waals surface area contributed by atoms with Crippen molar-refractivity contribution in [2.75, 3.05) is 31.6 Å². The van der Waals surface area contributed by atoms with Gasteiger partial charge in [-0.3, -0.25) is 4.90 Å². The molecule has 6 heteroatoms. The third kappa shape index (κ3) is 3.24. The van der Waals surface area contributed by atoms with Crippen LogP contribution in [0.1, 0.15) is 31.1 Å². The first kappa shape index (κ1) is 13.8. The number of rotatable bonds is 5. The average molecular weight is 270 g/mol. The molecule has 0 bridgehead atoms. The minimum absolute atomic E-state index is 0.291. The Bertz CT molecular complexity index is 367. The highest BCUT2D eigenvalue weighted by molar-refractivity contribution is 7.99. The maximum absolute atomic E-state index is 5.70. The lowest BCUT2D eigenvalue weighted by atomic mass is 10.0. The van der Waals surface area contributed by atoms with E-state index in [1.54, 1.807) is 0 Å². The predicted octanol–water partition coefficient (Wildman–Crippen LogP) is 1.32. The number of nitrogens with two attached hydrogens (primary N) is 1. The van der Waals surface area contributed by atoms with E-state index in [4.69, 9.17) is 10.3 Å². The van der Waals surface area contributed by atoms with E-state index in [-0.39, 0.29) is 0 Å². The van der Waals surface area contributed by atoms with Crippen molar-refractivity contribution in [3.8, 4) is 0 Å². The van der Waals surface area contributed by atoms with Crippen molar-refractivity contribution >= 4 is 11.8 Å². The van der Waals surface area contributed by atoms with E-state index in [0.717, 1.165) is 36.9 Å². The molecule has 102 valence electrons. The molecule has 1 saturated heterocycles. The van der Waals surface area contributed by atoms with E-state index in [1.165, 1.54) is 5.75 Å². The van der Waals surface area contributed by atoms with Crippen molar-refractivity contribution in [1.82, 2.24) is 15.0 Å². The van der Waals surface area contributed by atoms with Crippen LogP contribution in [0.4, 0.5) is 0 Å². The summed E-state index contributed by atoms with van der Waals surface area (Å²) in [7, 11) is 2.12. The van der Waals surface area contributed by atoms with Gasteiger partial charge in [-0.2, -0.15) is 16.7 Å². The molecule has 0 aromatic carbocycles. The van der Waals surface area contributed by atoms with Gasteiger partial charge in [-0.05, 0) is 19.5 Å². The zero-order chi connectivity index (χ0) is 13.0. The largest absolute Gasteiger partial charge is 0.339 e. The molecule has 1 aliphatic heterocycles. The molecule has 1 aliphatic rings. The first-order chi connectivity index (χ1) is 8.74. The Labute approximate surface area is 112 Å². The van der Waals surface area contributed by atoms with Gasteiger partial charge in [0.25, 0.3) is 0 Å². The third-order valence-electron chi connectivity index (χ3n) is 3.55. The predicted molar refractivity (Wildman–Crippen MR) is 73.5 cm³/mol. The summed E-state index contributed by atoms with van der Waals surface area (Å²) in [6, 6.07) is 0.291. The van der Waals surface area contributed by atoms with Crippen LogP contribution in [0.15, 0.2) is 4.52 Å². The molecule has 2 N–H and O–H groups in total. The molecular weight excluding hydrogens is 248 g/mol. The van der Waals surface area contributed by atoms with Gasteiger partial charge in [0.2, 0.25) is 5.89 Å². The lowest BCUT2D eigenvalue weighted by molar-refractivity contribution is 0.256. The SMILES string of the molecule is CCC(CN)Cc1nc(C2CSCCN2C)no1. The molecule has 1 aromatic heterocycles. The lowest BCUT2D eigenvalue weighted by Crippen LogP contribution is -2.33. The third-order valence-corrected chi connectivity index (χ3v) is 4.57. The van der Waals surface area contributed by atoms with Gasteiger partial charge in [-0.1, -0.05) is 18.5 Å². The molecule has 0 spiro atoms. The molecule has 2 rings (SSSR count). The summed E-state index contributed by atoms with van der Waals surface area (Å²) < 4.78 is 5.35. The standard InChI is InChI=1S/C12H22N4OS/c1-3-9(7-13)6-11-14-12(15-17-11)10-8-18-5-4-16(10)2/h9-10H,3-8,13H2,1-2H3. The summed E-state index contributed by atoms with van der Waals surface area (Å²) >= 11 is 1.95. The van der Waals surface area contributed by atoms with Crippen LogP contribution >= 0.6 is 11.8 Å². The highest BCUT2D eigenvalue weighted by atomic mass is 32.2. The first-order valence-electron chi connectivity index (χ1n) is 6.55. The molecule has 2 unspecified atom stereocenters. The number of nitrogens with zero attached hydrogens (tertiary/aromatic N) is 3. The van der Waals surface area contributed by atoms with Crippen molar-refractivity contribution in [1.29, 1.82) is 0 Å². The van der Waals surface area contributed by atoms with Crippen LogP contribution in [0.2, 0.25) is 0 Å². The van der Waals surface area contributed by atoms with E-state index < -0.39 is 0 Å². The Morgan fingerprint density at radius 3 is 3.11 bits per heavy atom. The molecule has 2 atom stereocenters. The monoisotopic (exact) mass is 270 g/mol. The van der Waals surface area contributed by atoms with Crippen molar-refractivity contribution in [3.05, 3.63) is 11.7 Å². The Balaban J connectivity index is 2.00. The highest BCUT2D eigenvalue weighted by Crippen LogP contribution is 2.26. The quantitative estimate of drug-likeness (QED) is 0.870. The van der Waals surface area contributed by atoms with Gasteiger partial charge in [-0.25, -0.2) is 0 Å². The number of hydrogen-bond acceptors (Lipinski definition) is 6. The second kappa shape index (κ2) is 6.54. The summed E-state index contributed by atoms with van der Waals surface area (Å²) in [5, 5.41) is 4.13. The number of aromatic nitrogens is 2. The molecule has 0 amide bonds. The lowest BCUT2D eigenvalue weighted by Gasteiger charge is -2.29. The van der Waals surface area contributed by atoms with Crippen molar-refractivity contribution < 1.29 is 4.52 Å². The molecule has 0 saturated carbocycles. The molecule has 0 radical (unpaired) electrons. The fourth-order valence-electron chi connectivity index (χ4n) is 2.09. The van der Waals surface area contributed by atoms with Crippen LogP contribution in [0.3, 0.4) is 0 Å². The fourth-order valence-corrected chi connectivity index (χ4v) is 3.30. The molecule has 1 fully saturated rings. The van der Waals surface area contributed by atoms with Crippen LogP contribution in [0.25, 0.3) is 0 Å². The topological polar surface area (TPSA) is 68.2 Å². The highest BCUT2D eigenvalue weighted by Gasteiger charge is 2.26. The van der Waals surface area contributed by atoms with Crippen LogP contribution in [-0.4, -0.2) is 46.7 Å². The van der Waals surface area contributed by atoms with Crippen LogP contribution in [0, 0.1) is 5.92 Å². The smallest absolute Gasteiger partial charge is 0.227 e. The molecular formula is C12H22N4OS. The maximum atomic E-state index is 5.70. The van der Waals surface area contributed by atoms with Crippen molar-refractivity contribution in [2.45, 2.75) is 25.8 Å².